The number of nitrogens with zero attached hydrogens (tertiary/aromatic N) is 4. The molecule has 0 saturated carbocycles. The third-order valence-electron chi connectivity index (χ3n) is 7.29. The Kier molecular flexibility index (Phi) is 5.52. The van der Waals surface area contributed by atoms with E-state index in [4.69, 9.17) is 0 Å². The lowest BCUT2D eigenvalue weighted by atomic mass is 10.1. The maximum absolute atomic E-state index is 13.5. The number of aromatic amines is 1. The summed E-state index contributed by atoms with van der Waals surface area (Å²) in [5.74, 6) is -0.0327. The number of aromatic nitrogens is 4. The van der Waals surface area contributed by atoms with E-state index in [1.54, 1.807) is 23.3 Å². The summed E-state index contributed by atoms with van der Waals surface area (Å²) < 4.78 is 2.19. The molecular weight excluding hydrogens is 508 g/mol. The molecule has 1 aliphatic rings. The normalized spacial score (nSPS) is 15.2. The summed E-state index contributed by atoms with van der Waals surface area (Å²) in [4.78, 5) is 33.8. The zero-order chi connectivity index (χ0) is 26.5. The number of benzene rings is 3. The summed E-state index contributed by atoms with van der Waals surface area (Å²) in [6, 6.07) is 23.8. The number of fused-ring (bicyclic) bond motifs is 1. The molecule has 0 radical (unpaired) electrons. The molecule has 8 nitrogen and oxygen atoms in total. The molecule has 0 saturated heterocycles. The Labute approximate surface area is 227 Å². The van der Waals surface area contributed by atoms with Crippen molar-refractivity contribution in [1.29, 1.82) is 0 Å². The summed E-state index contributed by atoms with van der Waals surface area (Å²) in [5, 5.41) is 15.2. The Hall–Kier alpha value is -4.76. The predicted molar refractivity (Wildman–Crippen MR) is 153 cm³/mol. The predicted octanol–water partition coefficient (Wildman–Crippen LogP) is 4.87. The van der Waals surface area contributed by atoms with E-state index in [0.29, 0.717) is 18.7 Å². The van der Waals surface area contributed by atoms with Crippen LogP contribution < -0.4 is 10.2 Å². The Morgan fingerprint density at radius 3 is 2.74 bits per heavy atom. The molecule has 0 spiro atoms. The van der Waals surface area contributed by atoms with Gasteiger partial charge in [0.25, 0.3) is 5.91 Å². The highest BCUT2D eigenvalue weighted by molar-refractivity contribution is 7.09. The van der Waals surface area contributed by atoms with Gasteiger partial charge in [-0.1, -0.05) is 48.5 Å². The third-order valence-corrected chi connectivity index (χ3v) is 8.16. The van der Waals surface area contributed by atoms with Crippen molar-refractivity contribution in [3.05, 3.63) is 106 Å². The molecule has 0 unspecified atom stereocenters. The van der Waals surface area contributed by atoms with Crippen LogP contribution in [0.3, 0.4) is 0 Å². The number of anilines is 1. The highest BCUT2D eigenvalue weighted by Crippen LogP contribution is 2.37. The van der Waals surface area contributed by atoms with E-state index in [1.807, 2.05) is 41.8 Å². The lowest BCUT2D eigenvalue weighted by molar-refractivity contribution is -0.120. The van der Waals surface area contributed by atoms with E-state index in [0.717, 1.165) is 43.5 Å². The van der Waals surface area contributed by atoms with Crippen molar-refractivity contribution in [3.8, 4) is 5.69 Å². The highest BCUT2D eigenvalue weighted by Gasteiger charge is 2.33. The number of thiophene rings is 1. The maximum atomic E-state index is 13.5. The monoisotopic (exact) mass is 532 g/mol. The molecule has 0 fully saturated rings. The van der Waals surface area contributed by atoms with E-state index in [2.05, 4.69) is 67.7 Å². The molecule has 6 aromatic rings. The Morgan fingerprint density at radius 1 is 1.05 bits per heavy atom. The molecule has 1 atom stereocenters. The maximum Gasteiger partial charge on any atom is 0.291 e. The van der Waals surface area contributed by atoms with Gasteiger partial charge in [-0.2, -0.15) is 0 Å². The molecular formula is C30H24N6O2S. The fourth-order valence-electron chi connectivity index (χ4n) is 5.45. The number of H-pyrrole nitrogens is 1. The smallest absolute Gasteiger partial charge is 0.291 e. The van der Waals surface area contributed by atoms with E-state index in [9.17, 15) is 9.59 Å². The first-order valence-electron chi connectivity index (χ1n) is 12.7. The first-order chi connectivity index (χ1) is 19.1. The molecule has 7 rings (SSSR count). The SMILES string of the molecule is CN1C(=O)[C@@H](NC(=O)c2n[nH]c(Cc3cccs3)n2)Cc2cn(-c3cccc4ccccc34)c3cccc1c23. The van der Waals surface area contributed by atoms with Crippen molar-refractivity contribution in [1.82, 2.24) is 25.1 Å². The van der Waals surface area contributed by atoms with Gasteiger partial charge in [-0.25, -0.2) is 4.98 Å². The fraction of sp³-hybridized carbons (Fsp3) is 0.133. The number of carbonyl (C=O) groups is 2. The quantitative estimate of drug-likeness (QED) is 0.331. The van der Waals surface area contributed by atoms with Crippen LogP contribution in [-0.4, -0.2) is 44.7 Å². The van der Waals surface area contributed by atoms with Gasteiger partial charge in [-0.05, 0) is 40.6 Å². The minimum atomic E-state index is -0.763. The average Bonchev–Trinajstić information content (AvgIpc) is 3.71. The van der Waals surface area contributed by atoms with Gasteiger partial charge in [-0.15, -0.1) is 16.4 Å². The van der Waals surface area contributed by atoms with Gasteiger partial charge in [0.15, 0.2) is 0 Å². The molecule has 2 N–H and O–H groups in total. The Morgan fingerprint density at radius 2 is 1.87 bits per heavy atom. The van der Waals surface area contributed by atoms with Crippen molar-refractivity contribution in [2.45, 2.75) is 18.9 Å². The Balaban J connectivity index is 1.24. The van der Waals surface area contributed by atoms with E-state index in [-0.39, 0.29) is 11.7 Å². The van der Waals surface area contributed by atoms with Crippen LogP contribution >= 0.6 is 11.3 Å². The largest absolute Gasteiger partial charge is 0.337 e. The van der Waals surface area contributed by atoms with Crippen molar-refractivity contribution in [2.24, 2.45) is 0 Å². The van der Waals surface area contributed by atoms with Crippen LogP contribution in [0.25, 0.3) is 27.4 Å². The molecule has 2 amide bonds. The number of hydrogen-bond acceptors (Lipinski definition) is 5. The number of nitrogens with one attached hydrogen (secondary N) is 2. The van der Waals surface area contributed by atoms with Crippen LogP contribution in [0.15, 0.2) is 84.4 Å². The molecule has 3 aromatic carbocycles. The van der Waals surface area contributed by atoms with Crippen molar-refractivity contribution < 1.29 is 9.59 Å². The molecule has 39 heavy (non-hydrogen) atoms. The summed E-state index contributed by atoms with van der Waals surface area (Å²) in [5.41, 5.74) is 3.89. The highest BCUT2D eigenvalue weighted by atomic mass is 32.1. The second-order valence-electron chi connectivity index (χ2n) is 9.68. The lowest BCUT2D eigenvalue weighted by Gasteiger charge is -2.22. The second-order valence-corrected chi connectivity index (χ2v) is 10.7. The van der Waals surface area contributed by atoms with Crippen LogP contribution in [0.1, 0.15) is 26.9 Å². The number of carbonyl (C=O) groups excluding carboxylic acids is 2. The minimum absolute atomic E-state index is 0.0252. The molecule has 4 heterocycles. The van der Waals surface area contributed by atoms with Crippen LogP contribution in [0.5, 0.6) is 0 Å². The number of amides is 2. The number of rotatable bonds is 5. The first kappa shape index (κ1) is 23.4. The molecule has 1 aliphatic heterocycles. The molecule has 9 heteroatoms. The van der Waals surface area contributed by atoms with E-state index in [1.165, 1.54) is 0 Å². The third kappa shape index (κ3) is 3.98. The van der Waals surface area contributed by atoms with Gasteiger partial charge in [0.05, 0.1) is 16.9 Å². The molecule has 3 aromatic heterocycles. The van der Waals surface area contributed by atoms with Crippen LogP contribution in [0.4, 0.5) is 5.69 Å². The summed E-state index contributed by atoms with van der Waals surface area (Å²) >= 11 is 1.62. The topological polar surface area (TPSA) is 95.9 Å². The Bertz CT molecular complexity index is 1860. The van der Waals surface area contributed by atoms with Crippen LogP contribution in [0.2, 0.25) is 0 Å². The van der Waals surface area contributed by atoms with Gasteiger partial charge < -0.3 is 14.8 Å². The van der Waals surface area contributed by atoms with E-state index < -0.39 is 11.9 Å². The van der Waals surface area contributed by atoms with Crippen LogP contribution in [0, 0.1) is 0 Å². The van der Waals surface area contributed by atoms with E-state index >= 15 is 0 Å². The number of likely N-dealkylation sites (N-methyl/N-ethyl adjacent to an activating group) is 1. The summed E-state index contributed by atoms with van der Waals surface area (Å²) in [6.45, 7) is 0. The van der Waals surface area contributed by atoms with Gasteiger partial charge >= 0.3 is 0 Å². The van der Waals surface area contributed by atoms with Gasteiger partial charge in [0.1, 0.15) is 11.9 Å². The standard InChI is InChI=1S/C30H24N6O2S/c1-35-24-12-5-13-25-27(24)19(17-36(25)23-11-4-8-18-7-2-3-10-21(18)23)15-22(30(35)38)31-29(37)28-32-26(33-34-28)16-20-9-6-14-39-20/h2-14,17,22H,15-16H2,1H3,(H,31,37)(H,32,33,34)/t22-/m0/s1. The van der Waals surface area contributed by atoms with Gasteiger partial charge in [0.2, 0.25) is 11.7 Å². The minimum Gasteiger partial charge on any atom is -0.337 e. The zero-order valence-corrected chi connectivity index (χ0v) is 21.9. The average molecular weight is 533 g/mol. The summed E-state index contributed by atoms with van der Waals surface area (Å²) in [6.07, 6.45) is 3.01. The van der Waals surface area contributed by atoms with Gasteiger partial charge in [0, 0.05) is 41.7 Å². The molecule has 192 valence electrons. The second kappa shape index (κ2) is 9.21. The fourth-order valence-corrected chi connectivity index (χ4v) is 6.16. The first-order valence-corrected chi connectivity index (χ1v) is 13.6. The van der Waals surface area contributed by atoms with Crippen molar-refractivity contribution in [2.75, 3.05) is 11.9 Å². The van der Waals surface area contributed by atoms with Gasteiger partial charge in [-0.3, -0.25) is 14.7 Å². The van der Waals surface area contributed by atoms with Crippen LogP contribution in [-0.2, 0) is 17.6 Å². The summed E-state index contributed by atoms with van der Waals surface area (Å²) in [7, 11) is 1.76. The zero-order valence-electron chi connectivity index (χ0n) is 21.1. The van der Waals surface area contributed by atoms with Crippen molar-refractivity contribution >= 4 is 50.5 Å². The lowest BCUT2D eigenvalue weighted by Crippen LogP contribution is -2.48. The molecule has 0 aliphatic carbocycles. The number of hydrogen-bond donors (Lipinski definition) is 2. The molecule has 0 bridgehead atoms. The van der Waals surface area contributed by atoms with Crippen molar-refractivity contribution in [3.63, 3.8) is 0 Å².